The van der Waals surface area contributed by atoms with Gasteiger partial charge in [-0.2, -0.15) is 0 Å². The molecule has 134 valence electrons. The van der Waals surface area contributed by atoms with Gasteiger partial charge in [0.15, 0.2) is 0 Å². The zero-order chi connectivity index (χ0) is 17.2. The highest BCUT2D eigenvalue weighted by Crippen LogP contribution is 2.33. The third kappa shape index (κ3) is 3.61. The van der Waals surface area contributed by atoms with Crippen molar-refractivity contribution in [2.75, 3.05) is 46.4 Å². The highest BCUT2D eigenvalue weighted by molar-refractivity contribution is 7.05. The van der Waals surface area contributed by atoms with E-state index in [9.17, 15) is 9.90 Å². The average Bonchev–Trinajstić information content (AvgIpc) is 2.90. The summed E-state index contributed by atoms with van der Waals surface area (Å²) in [6.45, 7) is 7.16. The molecule has 1 spiro atoms. The van der Waals surface area contributed by atoms with Crippen molar-refractivity contribution in [1.29, 1.82) is 0 Å². The summed E-state index contributed by atoms with van der Waals surface area (Å²) in [4.78, 5) is 20.3. The van der Waals surface area contributed by atoms with Gasteiger partial charge in [0.1, 0.15) is 0 Å². The van der Waals surface area contributed by atoms with Crippen LogP contribution in [0.15, 0.2) is 0 Å². The number of carbonyl (C=O) groups is 1. The number of amides is 1. The zero-order valence-corrected chi connectivity index (χ0v) is 15.4. The van der Waals surface area contributed by atoms with Gasteiger partial charge in [-0.15, -0.1) is 5.10 Å². The Morgan fingerprint density at radius 3 is 2.83 bits per heavy atom. The number of hydrogen-bond acceptors (Lipinski definition) is 7. The lowest BCUT2D eigenvalue weighted by Gasteiger charge is -2.49. The van der Waals surface area contributed by atoms with Gasteiger partial charge in [-0.05, 0) is 38.3 Å². The topological polar surface area (TPSA) is 72.8 Å². The predicted molar refractivity (Wildman–Crippen MR) is 92.8 cm³/mol. The maximum atomic E-state index is 12.3. The summed E-state index contributed by atoms with van der Waals surface area (Å²) in [6.07, 6.45) is 2.42. The van der Waals surface area contributed by atoms with E-state index in [-0.39, 0.29) is 18.1 Å². The fraction of sp³-hybridized carbons (Fsp3) is 0.812. The number of aliphatic hydroxyl groups excluding tert-OH is 1. The predicted octanol–water partition coefficient (Wildman–Crippen LogP) is 0.338. The van der Waals surface area contributed by atoms with Gasteiger partial charge in [0, 0.05) is 51.2 Å². The van der Waals surface area contributed by atoms with Gasteiger partial charge >= 0.3 is 0 Å². The maximum Gasteiger partial charge on any atom is 0.222 e. The Bertz CT molecular complexity index is 581. The van der Waals surface area contributed by atoms with Crippen LogP contribution < -0.4 is 0 Å². The van der Waals surface area contributed by atoms with E-state index in [4.69, 9.17) is 0 Å². The lowest BCUT2D eigenvalue weighted by molar-refractivity contribution is -0.131. The van der Waals surface area contributed by atoms with Crippen molar-refractivity contribution in [2.45, 2.75) is 38.3 Å². The molecule has 1 N–H and O–H groups in total. The molecular weight excluding hydrogens is 326 g/mol. The highest BCUT2D eigenvalue weighted by Gasteiger charge is 2.42. The zero-order valence-electron chi connectivity index (χ0n) is 14.6. The molecule has 3 heterocycles. The molecule has 0 bridgehead atoms. The van der Waals surface area contributed by atoms with Crippen molar-refractivity contribution in [3.63, 3.8) is 0 Å². The van der Waals surface area contributed by atoms with Gasteiger partial charge in [-0.1, -0.05) is 4.49 Å². The molecule has 0 saturated carbocycles. The second kappa shape index (κ2) is 7.43. The minimum absolute atomic E-state index is 0.0400. The van der Waals surface area contributed by atoms with Gasteiger partial charge in [-0.25, -0.2) is 0 Å². The van der Waals surface area contributed by atoms with Crippen LogP contribution in [0.2, 0.25) is 0 Å². The van der Waals surface area contributed by atoms with E-state index in [1.54, 1.807) is 0 Å². The largest absolute Gasteiger partial charge is 0.395 e. The number of likely N-dealkylation sites (N-methyl/N-ethyl adjacent to an activating group) is 1. The lowest BCUT2D eigenvalue weighted by atomic mass is 9.86. The number of hydrogen-bond donors (Lipinski definition) is 1. The monoisotopic (exact) mass is 353 g/mol. The third-order valence-corrected chi connectivity index (χ3v) is 6.37. The molecule has 0 aromatic carbocycles. The number of piperazine rings is 1. The van der Waals surface area contributed by atoms with E-state index < -0.39 is 0 Å². The molecule has 0 unspecified atom stereocenters. The summed E-state index contributed by atoms with van der Waals surface area (Å²) < 4.78 is 4.04. The Morgan fingerprint density at radius 2 is 2.12 bits per heavy atom. The number of aryl methyl sites for hydroxylation is 1. The first kappa shape index (κ1) is 17.7. The molecule has 8 heteroatoms. The molecule has 2 aliphatic heterocycles. The van der Waals surface area contributed by atoms with Gasteiger partial charge in [0.05, 0.1) is 17.2 Å². The highest BCUT2D eigenvalue weighted by atomic mass is 32.1. The van der Waals surface area contributed by atoms with E-state index in [1.165, 1.54) is 16.4 Å². The fourth-order valence-corrected chi connectivity index (χ4v) is 4.54. The lowest BCUT2D eigenvalue weighted by Crippen LogP contribution is -2.60. The van der Waals surface area contributed by atoms with E-state index in [2.05, 4.69) is 26.4 Å². The summed E-state index contributed by atoms with van der Waals surface area (Å²) >= 11 is 1.48. The Labute approximate surface area is 147 Å². The average molecular weight is 353 g/mol. The van der Waals surface area contributed by atoms with E-state index in [0.29, 0.717) is 13.0 Å². The molecule has 24 heavy (non-hydrogen) atoms. The summed E-state index contributed by atoms with van der Waals surface area (Å²) in [5.41, 5.74) is 1.07. The molecule has 1 aromatic rings. The maximum absolute atomic E-state index is 12.3. The van der Waals surface area contributed by atoms with Gasteiger partial charge in [0.2, 0.25) is 5.91 Å². The molecule has 0 aliphatic carbocycles. The van der Waals surface area contributed by atoms with E-state index in [1.807, 2.05) is 11.8 Å². The number of carbonyl (C=O) groups excluding carboxylic acids is 1. The van der Waals surface area contributed by atoms with Crippen molar-refractivity contribution < 1.29 is 9.90 Å². The molecule has 1 amide bonds. The normalized spacial score (nSPS) is 27.0. The molecule has 1 aromatic heterocycles. The number of nitrogens with zero attached hydrogens (tertiary/aromatic N) is 5. The summed E-state index contributed by atoms with van der Waals surface area (Å²) in [6, 6.07) is 0. The smallest absolute Gasteiger partial charge is 0.222 e. The minimum Gasteiger partial charge on any atom is -0.395 e. The van der Waals surface area contributed by atoms with Crippen molar-refractivity contribution >= 4 is 17.4 Å². The van der Waals surface area contributed by atoms with Crippen LogP contribution in [-0.4, -0.2) is 87.2 Å². The standard InChI is InChI=1S/C16H27N5O2S/c1-13-14(24-18-17-13)11-20-8-7-19(2)16(12-20)4-3-15(23)21(6-5-16)9-10-22/h22H,3-12H2,1-2H3/t16-/m1/s1. The number of β-amino-alcohol motifs (C(OH)–C–C–N with tert-alkyl or cyclic N) is 1. The first-order chi connectivity index (χ1) is 11.5. The summed E-state index contributed by atoms with van der Waals surface area (Å²) in [7, 11) is 2.18. The quantitative estimate of drug-likeness (QED) is 0.841. The second-order valence-electron chi connectivity index (χ2n) is 6.99. The van der Waals surface area contributed by atoms with Gasteiger partial charge < -0.3 is 10.0 Å². The third-order valence-electron chi connectivity index (χ3n) is 5.57. The molecule has 2 aliphatic rings. The van der Waals surface area contributed by atoms with Crippen LogP contribution in [0.1, 0.15) is 29.8 Å². The van der Waals surface area contributed by atoms with Gasteiger partial charge in [-0.3, -0.25) is 14.6 Å². The van der Waals surface area contributed by atoms with Crippen LogP contribution in [0.5, 0.6) is 0 Å². The fourth-order valence-electron chi connectivity index (χ4n) is 3.87. The van der Waals surface area contributed by atoms with E-state index in [0.717, 1.165) is 51.3 Å². The second-order valence-corrected chi connectivity index (χ2v) is 7.83. The van der Waals surface area contributed by atoms with Crippen LogP contribution in [0.4, 0.5) is 0 Å². The Balaban J connectivity index is 1.70. The molecule has 1 atom stereocenters. The van der Waals surface area contributed by atoms with Crippen molar-refractivity contribution in [1.82, 2.24) is 24.3 Å². The van der Waals surface area contributed by atoms with Crippen LogP contribution >= 0.6 is 11.5 Å². The first-order valence-electron chi connectivity index (χ1n) is 8.64. The van der Waals surface area contributed by atoms with Gasteiger partial charge in [0.25, 0.3) is 0 Å². The molecule has 3 rings (SSSR count). The number of aromatic nitrogens is 2. The molecule has 0 radical (unpaired) electrons. The number of likely N-dealkylation sites (tertiary alicyclic amines) is 1. The van der Waals surface area contributed by atoms with E-state index >= 15 is 0 Å². The first-order valence-corrected chi connectivity index (χ1v) is 9.41. The van der Waals surface area contributed by atoms with Crippen LogP contribution in [0.25, 0.3) is 0 Å². The van der Waals surface area contributed by atoms with Crippen LogP contribution in [0.3, 0.4) is 0 Å². The van der Waals surface area contributed by atoms with Crippen LogP contribution in [0, 0.1) is 6.92 Å². The Kier molecular flexibility index (Phi) is 5.49. The Hall–Kier alpha value is -1.09. The summed E-state index contributed by atoms with van der Waals surface area (Å²) in [5, 5.41) is 13.3. The summed E-state index contributed by atoms with van der Waals surface area (Å²) in [5.74, 6) is 0.175. The van der Waals surface area contributed by atoms with Crippen molar-refractivity contribution in [2.24, 2.45) is 0 Å². The SMILES string of the molecule is Cc1nnsc1CN1CCN(C)[C@@]2(CCC(=O)N(CCO)CC2)C1. The van der Waals surface area contributed by atoms with Crippen molar-refractivity contribution in [3.8, 4) is 0 Å². The minimum atomic E-state index is 0.0400. The molecule has 2 fully saturated rings. The molecule has 7 nitrogen and oxygen atoms in total. The van der Waals surface area contributed by atoms with Crippen molar-refractivity contribution in [3.05, 3.63) is 10.6 Å². The Morgan fingerprint density at radius 1 is 1.29 bits per heavy atom. The molecule has 2 saturated heterocycles. The molecular formula is C16H27N5O2S. The van der Waals surface area contributed by atoms with Crippen LogP contribution in [-0.2, 0) is 11.3 Å². The number of aliphatic hydroxyl groups is 1. The number of rotatable bonds is 4.